The zero-order valence-corrected chi connectivity index (χ0v) is 11.1. The normalized spacial score (nSPS) is 15.5. The van der Waals surface area contributed by atoms with Crippen LogP contribution in [0, 0.1) is 5.92 Å². The molecular weight excluding hydrogens is 230 g/mol. The average molecular weight is 251 g/mol. The first-order chi connectivity index (χ1) is 7.26. The molecule has 0 aliphatic carbocycles. The smallest absolute Gasteiger partial charge is 0.308 e. The number of ether oxygens (including phenoxy) is 1. The van der Waals surface area contributed by atoms with Gasteiger partial charge in [0.1, 0.15) is 9.84 Å². The minimum Gasteiger partial charge on any atom is -0.469 e. The summed E-state index contributed by atoms with van der Waals surface area (Å²) in [4.78, 5) is 11.1. The monoisotopic (exact) mass is 251 g/mol. The highest BCUT2D eigenvalue weighted by molar-refractivity contribution is 7.90. The van der Waals surface area contributed by atoms with Gasteiger partial charge in [-0.2, -0.15) is 0 Å². The molecule has 0 saturated carbocycles. The van der Waals surface area contributed by atoms with Crippen molar-refractivity contribution in [2.24, 2.45) is 5.92 Å². The summed E-state index contributed by atoms with van der Waals surface area (Å²) < 4.78 is 26.4. The van der Waals surface area contributed by atoms with Crippen LogP contribution in [-0.4, -0.2) is 46.1 Å². The molecule has 0 saturated heterocycles. The zero-order chi connectivity index (χ0) is 12.8. The minimum atomic E-state index is -2.92. The topological polar surface area (TPSA) is 72.5 Å². The average Bonchev–Trinajstić information content (AvgIpc) is 2.14. The van der Waals surface area contributed by atoms with Gasteiger partial charge in [-0.25, -0.2) is 8.42 Å². The molecule has 0 aromatic carbocycles. The van der Waals surface area contributed by atoms with Crippen molar-refractivity contribution >= 4 is 15.8 Å². The predicted octanol–water partition coefficient (Wildman–Crippen LogP) is 0.208. The first kappa shape index (κ1) is 15.4. The Morgan fingerprint density at radius 1 is 1.38 bits per heavy atom. The maximum atomic E-state index is 11.1. The van der Waals surface area contributed by atoms with E-state index in [9.17, 15) is 13.2 Å². The Balaban J connectivity index is 3.82. The summed E-state index contributed by atoms with van der Waals surface area (Å²) in [5.74, 6) is -0.299. The summed E-state index contributed by atoms with van der Waals surface area (Å²) in [5, 5.41) is 3.06. The second kappa shape index (κ2) is 6.85. The first-order valence-electron chi connectivity index (χ1n) is 5.25. The second-order valence-electron chi connectivity index (χ2n) is 4.14. The first-order valence-corrected chi connectivity index (χ1v) is 7.31. The zero-order valence-electron chi connectivity index (χ0n) is 10.3. The molecule has 0 rings (SSSR count). The second-order valence-corrected chi connectivity index (χ2v) is 6.40. The Hall–Kier alpha value is -0.620. The van der Waals surface area contributed by atoms with Crippen LogP contribution in [0.3, 0.4) is 0 Å². The van der Waals surface area contributed by atoms with Crippen LogP contribution in [-0.2, 0) is 19.4 Å². The lowest BCUT2D eigenvalue weighted by atomic mass is 10.0. The van der Waals surface area contributed by atoms with Crippen molar-refractivity contribution < 1.29 is 17.9 Å². The summed E-state index contributed by atoms with van der Waals surface area (Å²) in [6, 6.07) is 0.0934. The van der Waals surface area contributed by atoms with Gasteiger partial charge in [-0.1, -0.05) is 6.92 Å². The quantitative estimate of drug-likeness (QED) is 0.655. The molecule has 16 heavy (non-hydrogen) atoms. The van der Waals surface area contributed by atoms with Crippen molar-refractivity contribution in [3.05, 3.63) is 0 Å². The number of methoxy groups -OCH3 is 1. The Kier molecular flexibility index (Phi) is 6.59. The largest absolute Gasteiger partial charge is 0.469 e. The fraction of sp³-hybridized carbons (Fsp3) is 0.900. The number of hydrogen-bond acceptors (Lipinski definition) is 5. The molecule has 0 amide bonds. The summed E-state index contributed by atoms with van der Waals surface area (Å²) >= 11 is 0. The van der Waals surface area contributed by atoms with Crippen LogP contribution in [0.25, 0.3) is 0 Å². The van der Waals surface area contributed by atoms with Crippen molar-refractivity contribution in [2.75, 3.05) is 25.7 Å². The third kappa shape index (κ3) is 7.64. The van der Waals surface area contributed by atoms with Crippen LogP contribution < -0.4 is 5.32 Å². The molecular formula is C10H21NO4S. The molecule has 0 bridgehead atoms. The van der Waals surface area contributed by atoms with Gasteiger partial charge in [0.25, 0.3) is 0 Å². The lowest BCUT2D eigenvalue weighted by Gasteiger charge is -2.16. The van der Waals surface area contributed by atoms with E-state index in [4.69, 9.17) is 0 Å². The van der Waals surface area contributed by atoms with E-state index in [0.717, 1.165) is 0 Å². The van der Waals surface area contributed by atoms with Gasteiger partial charge in [-0.15, -0.1) is 0 Å². The van der Waals surface area contributed by atoms with E-state index in [0.29, 0.717) is 13.0 Å². The molecule has 0 aromatic rings. The van der Waals surface area contributed by atoms with Crippen molar-refractivity contribution in [3.8, 4) is 0 Å². The summed E-state index contributed by atoms with van der Waals surface area (Å²) in [6.07, 6.45) is 1.84. The van der Waals surface area contributed by atoms with E-state index in [2.05, 4.69) is 10.1 Å². The number of nitrogens with one attached hydrogen (secondary N) is 1. The lowest BCUT2D eigenvalue weighted by Crippen LogP contribution is -2.33. The Bertz CT molecular complexity index is 313. The highest BCUT2D eigenvalue weighted by Crippen LogP contribution is 2.07. The number of hydrogen-bond donors (Lipinski definition) is 1. The maximum absolute atomic E-state index is 11.1. The van der Waals surface area contributed by atoms with Crippen molar-refractivity contribution in [2.45, 2.75) is 26.3 Å². The van der Waals surface area contributed by atoms with E-state index in [-0.39, 0.29) is 23.7 Å². The van der Waals surface area contributed by atoms with Crippen LogP contribution >= 0.6 is 0 Å². The molecule has 2 atom stereocenters. The van der Waals surface area contributed by atoms with Crippen LogP contribution in [0.2, 0.25) is 0 Å². The number of carbonyl (C=O) groups excluding carboxylic acids is 1. The van der Waals surface area contributed by atoms with Gasteiger partial charge < -0.3 is 10.1 Å². The van der Waals surface area contributed by atoms with E-state index >= 15 is 0 Å². The Morgan fingerprint density at radius 3 is 2.38 bits per heavy atom. The number of esters is 1. The number of sulfone groups is 1. The van der Waals surface area contributed by atoms with Crippen molar-refractivity contribution in [1.29, 1.82) is 0 Å². The van der Waals surface area contributed by atoms with E-state index in [1.54, 1.807) is 6.92 Å². The van der Waals surface area contributed by atoms with E-state index in [1.807, 2.05) is 6.92 Å². The number of rotatable bonds is 7. The SMILES string of the molecule is COC(=O)C(C)CC(C)NCCS(C)(=O)=O. The molecule has 0 heterocycles. The lowest BCUT2D eigenvalue weighted by molar-refractivity contribution is -0.145. The third-order valence-electron chi connectivity index (χ3n) is 2.28. The molecule has 2 unspecified atom stereocenters. The number of carbonyl (C=O) groups is 1. The molecule has 96 valence electrons. The van der Waals surface area contributed by atoms with E-state index < -0.39 is 9.84 Å². The predicted molar refractivity (Wildman–Crippen MR) is 63.0 cm³/mol. The highest BCUT2D eigenvalue weighted by atomic mass is 32.2. The van der Waals surface area contributed by atoms with Gasteiger partial charge in [0.15, 0.2) is 0 Å². The van der Waals surface area contributed by atoms with Gasteiger partial charge in [0.2, 0.25) is 0 Å². The molecule has 0 spiro atoms. The molecule has 0 aromatic heterocycles. The molecule has 5 nitrogen and oxygen atoms in total. The fourth-order valence-corrected chi connectivity index (χ4v) is 1.89. The summed E-state index contributed by atoms with van der Waals surface area (Å²) in [5.41, 5.74) is 0. The van der Waals surface area contributed by atoms with Gasteiger partial charge >= 0.3 is 5.97 Å². The standard InChI is InChI=1S/C10H21NO4S/c1-8(10(12)15-3)7-9(2)11-5-6-16(4,13)14/h8-9,11H,5-7H2,1-4H3. The van der Waals surface area contributed by atoms with Crippen LogP contribution in [0.5, 0.6) is 0 Å². The van der Waals surface area contributed by atoms with Gasteiger partial charge in [0.05, 0.1) is 18.8 Å². The molecule has 1 N–H and O–H groups in total. The Morgan fingerprint density at radius 2 is 1.94 bits per heavy atom. The third-order valence-corrected chi connectivity index (χ3v) is 3.22. The molecule has 6 heteroatoms. The van der Waals surface area contributed by atoms with Crippen LogP contribution in [0.4, 0.5) is 0 Å². The molecule has 0 aliphatic heterocycles. The van der Waals surface area contributed by atoms with Crippen LogP contribution in [0.15, 0.2) is 0 Å². The van der Waals surface area contributed by atoms with Crippen molar-refractivity contribution in [1.82, 2.24) is 5.32 Å². The van der Waals surface area contributed by atoms with Crippen LogP contribution in [0.1, 0.15) is 20.3 Å². The van der Waals surface area contributed by atoms with Gasteiger partial charge in [-0.3, -0.25) is 4.79 Å². The summed E-state index contributed by atoms with van der Waals surface area (Å²) in [7, 11) is -1.56. The van der Waals surface area contributed by atoms with Gasteiger partial charge in [0, 0.05) is 18.8 Å². The maximum Gasteiger partial charge on any atom is 0.308 e. The molecule has 0 aliphatic rings. The Labute approximate surface area is 97.5 Å². The summed E-state index contributed by atoms with van der Waals surface area (Å²) in [6.45, 7) is 4.12. The fourth-order valence-electron chi connectivity index (χ4n) is 1.40. The van der Waals surface area contributed by atoms with Crippen molar-refractivity contribution in [3.63, 3.8) is 0 Å². The van der Waals surface area contributed by atoms with E-state index in [1.165, 1.54) is 13.4 Å². The molecule has 0 fully saturated rings. The molecule has 0 radical (unpaired) electrons. The van der Waals surface area contributed by atoms with Gasteiger partial charge in [-0.05, 0) is 13.3 Å². The minimum absolute atomic E-state index is 0.0934. The highest BCUT2D eigenvalue weighted by Gasteiger charge is 2.16.